The highest BCUT2D eigenvalue weighted by Crippen LogP contribution is 2.27. The molecule has 1 aromatic heterocycles. The molecule has 4 aromatic rings. The lowest BCUT2D eigenvalue weighted by atomic mass is 10.1. The molecule has 3 aromatic carbocycles. The van der Waals surface area contributed by atoms with Crippen LogP contribution >= 0.6 is 0 Å². The van der Waals surface area contributed by atoms with Gasteiger partial charge in [0.2, 0.25) is 5.09 Å². The Morgan fingerprint density at radius 3 is 2.03 bits per heavy atom. The summed E-state index contributed by atoms with van der Waals surface area (Å²) in [4.78, 5) is 17.3. The molecule has 0 N–H and O–H groups in total. The number of piperazine rings is 1. The van der Waals surface area contributed by atoms with Gasteiger partial charge in [-0.15, -0.1) is 0 Å². The van der Waals surface area contributed by atoms with Crippen LogP contribution in [0.2, 0.25) is 0 Å². The maximum atomic E-state index is 13.4. The smallest absolute Gasteiger partial charge is 0.298 e. The lowest BCUT2D eigenvalue weighted by molar-refractivity contribution is 0.0747. The number of anilines is 2. The lowest BCUT2D eigenvalue weighted by Crippen LogP contribution is -2.48. The van der Waals surface area contributed by atoms with Crippen molar-refractivity contribution in [3.05, 3.63) is 114 Å². The minimum absolute atomic E-state index is 0.0576. The van der Waals surface area contributed by atoms with Crippen LogP contribution in [0.15, 0.2) is 113 Å². The van der Waals surface area contributed by atoms with E-state index < -0.39 is 10.0 Å². The molecule has 1 saturated heterocycles. The Morgan fingerprint density at radius 2 is 1.42 bits per heavy atom. The van der Waals surface area contributed by atoms with Crippen molar-refractivity contribution in [1.82, 2.24) is 4.90 Å². The first kappa shape index (κ1) is 23.7. The normalized spacial score (nSPS) is 14.0. The van der Waals surface area contributed by atoms with Gasteiger partial charge in [0.05, 0.1) is 18.5 Å². The van der Waals surface area contributed by atoms with Gasteiger partial charge in [0, 0.05) is 37.4 Å². The molecule has 184 valence electrons. The quantitative estimate of drug-likeness (QED) is 0.369. The van der Waals surface area contributed by atoms with Crippen molar-refractivity contribution in [2.45, 2.75) is 11.6 Å². The molecule has 0 atom stereocenters. The van der Waals surface area contributed by atoms with E-state index in [1.807, 2.05) is 53.4 Å². The number of hydrogen-bond acceptors (Lipinski definition) is 5. The maximum absolute atomic E-state index is 13.4. The molecule has 7 nitrogen and oxygen atoms in total. The summed E-state index contributed by atoms with van der Waals surface area (Å²) >= 11 is 0. The van der Waals surface area contributed by atoms with Crippen LogP contribution in [0.3, 0.4) is 0 Å². The van der Waals surface area contributed by atoms with Crippen molar-refractivity contribution >= 4 is 27.3 Å². The Balaban J connectivity index is 1.33. The molecule has 1 aliphatic rings. The van der Waals surface area contributed by atoms with Crippen LogP contribution in [0.5, 0.6) is 0 Å². The first-order valence-corrected chi connectivity index (χ1v) is 13.3. The van der Waals surface area contributed by atoms with Gasteiger partial charge >= 0.3 is 0 Å². The summed E-state index contributed by atoms with van der Waals surface area (Å²) in [5, 5.41) is -0.130. The molecule has 0 unspecified atom stereocenters. The van der Waals surface area contributed by atoms with Crippen molar-refractivity contribution in [3.63, 3.8) is 0 Å². The van der Waals surface area contributed by atoms with Gasteiger partial charge in [-0.1, -0.05) is 48.5 Å². The summed E-state index contributed by atoms with van der Waals surface area (Å²) in [7, 11) is -3.93. The predicted octanol–water partition coefficient (Wildman–Crippen LogP) is 4.64. The van der Waals surface area contributed by atoms with E-state index in [1.165, 1.54) is 16.6 Å². The van der Waals surface area contributed by atoms with Gasteiger partial charge in [-0.3, -0.25) is 9.10 Å². The fourth-order valence-electron chi connectivity index (χ4n) is 4.34. The van der Waals surface area contributed by atoms with Gasteiger partial charge in [0.25, 0.3) is 15.9 Å². The van der Waals surface area contributed by atoms with Gasteiger partial charge in [-0.05, 0) is 54.1 Å². The number of rotatable bonds is 7. The standard InChI is InChI=1S/C28H27N3O4S/c32-28(30-19-17-29(18-20-30)25-10-5-2-6-11-25)24-13-15-26(16-14-24)31(22-23-8-3-1-4-9-23)36(33,34)27-12-7-21-35-27/h1-16,21H,17-20,22H2. The number of amides is 1. The molecule has 0 bridgehead atoms. The zero-order chi connectivity index (χ0) is 25.0. The van der Waals surface area contributed by atoms with E-state index in [-0.39, 0.29) is 17.5 Å². The topological polar surface area (TPSA) is 74.1 Å². The molecule has 8 heteroatoms. The third kappa shape index (κ3) is 4.99. The van der Waals surface area contributed by atoms with Crippen LogP contribution in [0.4, 0.5) is 11.4 Å². The molecule has 36 heavy (non-hydrogen) atoms. The third-order valence-corrected chi connectivity index (χ3v) is 7.96. The summed E-state index contributed by atoms with van der Waals surface area (Å²) in [5.41, 5.74) is 2.98. The van der Waals surface area contributed by atoms with E-state index in [1.54, 1.807) is 30.3 Å². The van der Waals surface area contributed by atoms with E-state index in [9.17, 15) is 13.2 Å². The van der Waals surface area contributed by atoms with Gasteiger partial charge in [0.15, 0.2) is 0 Å². The first-order chi connectivity index (χ1) is 17.5. The fourth-order valence-corrected chi connectivity index (χ4v) is 5.71. The number of carbonyl (C=O) groups is 1. The molecular weight excluding hydrogens is 474 g/mol. The number of hydrogen-bond donors (Lipinski definition) is 0. The van der Waals surface area contributed by atoms with Crippen molar-refractivity contribution < 1.29 is 17.6 Å². The first-order valence-electron chi connectivity index (χ1n) is 11.8. The van der Waals surface area contributed by atoms with E-state index in [0.717, 1.165) is 24.3 Å². The molecular formula is C28H27N3O4S. The van der Waals surface area contributed by atoms with Crippen molar-refractivity contribution in [2.75, 3.05) is 35.4 Å². The zero-order valence-corrected chi connectivity index (χ0v) is 20.5. The zero-order valence-electron chi connectivity index (χ0n) is 19.7. The number of nitrogens with zero attached hydrogens (tertiary/aromatic N) is 3. The molecule has 1 aliphatic heterocycles. The second-order valence-electron chi connectivity index (χ2n) is 8.59. The summed E-state index contributed by atoms with van der Waals surface area (Å²) in [6.45, 7) is 2.92. The minimum atomic E-state index is -3.93. The van der Waals surface area contributed by atoms with Crippen LogP contribution in [0.1, 0.15) is 15.9 Å². The second-order valence-corrected chi connectivity index (χ2v) is 10.4. The summed E-state index contributed by atoms with van der Waals surface area (Å²) in [6, 6.07) is 29.3. The maximum Gasteiger partial charge on any atom is 0.298 e. The number of furan rings is 1. The molecule has 0 saturated carbocycles. The predicted molar refractivity (Wildman–Crippen MR) is 140 cm³/mol. The molecule has 2 heterocycles. The molecule has 1 fully saturated rings. The number of benzene rings is 3. The Bertz CT molecular complexity index is 1380. The molecule has 1 amide bonds. The van der Waals surface area contributed by atoms with Gasteiger partial charge in [0.1, 0.15) is 0 Å². The van der Waals surface area contributed by atoms with Gasteiger partial charge < -0.3 is 14.2 Å². The van der Waals surface area contributed by atoms with Crippen molar-refractivity contribution in [1.29, 1.82) is 0 Å². The Hall–Kier alpha value is -4.04. The van der Waals surface area contributed by atoms with E-state index in [0.29, 0.717) is 24.3 Å². The minimum Gasteiger partial charge on any atom is -0.451 e. The fraction of sp³-hybridized carbons (Fsp3) is 0.179. The molecule has 0 radical (unpaired) electrons. The van der Waals surface area contributed by atoms with Gasteiger partial charge in [-0.2, -0.15) is 8.42 Å². The highest BCUT2D eigenvalue weighted by molar-refractivity contribution is 7.92. The van der Waals surface area contributed by atoms with Crippen molar-refractivity contribution in [2.24, 2.45) is 0 Å². The summed E-state index contributed by atoms with van der Waals surface area (Å²) in [5.74, 6) is -0.0576. The Morgan fingerprint density at radius 1 is 0.778 bits per heavy atom. The van der Waals surface area contributed by atoms with Crippen LogP contribution in [0, 0.1) is 0 Å². The monoisotopic (exact) mass is 501 g/mol. The average molecular weight is 502 g/mol. The summed E-state index contributed by atoms with van der Waals surface area (Å²) in [6.07, 6.45) is 1.34. The van der Waals surface area contributed by atoms with Crippen LogP contribution < -0.4 is 9.21 Å². The summed E-state index contributed by atoms with van der Waals surface area (Å²) < 4.78 is 33.3. The van der Waals surface area contributed by atoms with Crippen LogP contribution in [-0.2, 0) is 16.6 Å². The largest absolute Gasteiger partial charge is 0.451 e. The van der Waals surface area contributed by atoms with Crippen LogP contribution in [-0.4, -0.2) is 45.4 Å². The van der Waals surface area contributed by atoms with E-state index >= 15 is 0 Å². The lowest BCUT2D eigenvalue weighted by Gasteiger charge is -2.36. The molecule has 5 rings (SSSR count). The number of sulfonamides is 1. The SMILES string of the molecule is O=C(c1ccc(N(Cc2ccccc2)S(=O)(=O)c2ccco2)cc1)N1CCN(c2ccccc2)CC1. The highest BCUT2D eigenvalue weighted by Gasteiger charge is 2.28. The average Bonchev–Trinajstić information content (AvgIpc) is 3.49. The third-order valence-electron chi connectivity index (χ3n) is 6.30. The Labute approximate surface area is 211 Å². The van der Waals surface area contributed by atoms with Crippen LogP contribution in [0.25, 0.3) is 0 Å². The molecule has 0 spiro atoms. The van der Waals surface area contributed by atoms with Gasteiger partial charge in [-0.25, -0.2) is 0 Å². The highest BCUT2D eigenvalue weighted by atomic mass is 32.2. The number of para-hydroxylation sites is 1. The Kier molecular flexibility index (Phi) is 6.77. The van der Waals surface area contributed by atoms with E-state index in [4.69, 9.17) is 4.42 Å². The second kappa shape index (κ2) is 10.3. The molecule has 0 aliphatic carbocycles. The van der Waals surface area contributed by atoms with Crippen molar-refractivity contribution in [3.8, 4) is 0 Å². The van der Waals surface area contributed by atoms with E-state index in [2.05, 4.69) is 17.0 Å². The number of carbonyl (C=O) groups excluding carboxylic acids is 1.